The topological polar surface area (TPSA) is 225 Å². The number of anilines is 1. The molecule has 1 aliphatic carbocycles. The van der Waals surface area contributed by atoms with Gasteiger partial charge in [0.2, 0.25) is 17.6 Å². The van der Waals surface area contributed by atoms with Gasteiger partial charge >= 0.3 is 23.0 Å². The average molecular weight is 931 g/mol. The molecule has 0 saturated heterocycles. The van der Waals surface area contributed by atoms with Gasteiger partial charge in [-0.2, -0.15) is 5.70 Å². The Kier molecular flexibility index (Phi) is 15.1. The van der Waals surface area contributed by atoms with E-state index in [2.05, 4.69) is 84.6 Å². The molecule has 0 saturated carbocycles. The van der Waals surface area contributed by atoms with Crippen LogP contribution in [-0.4, -0.2) is 86.7 Å². The molecule has 6 atom stereocenters. The van der Waals surface area contributed by atoms with Crippen LogP contribution in [0.5, 0.6) is 0 Å². The second kappa shape index (κ2) is 19.1. The van der Waals surface area contributed by atoms with E-state index in [0.29, 0.717) is 0 Å². The molecule has 1 aromatic carbocycles. The van der Waals surface area contributed by atoms with Crippen LogP contribution in [-0.2, 0) is 36.2 Å². The van der Waals surface area contributed by atoms with Crippen LogP contribution in [0.15, 0.2) is 88.4 Å². The van der Waals surface area contributed by atoms with Crippen molar-refractivity contribution in [3.63, 3.8) is 0 Å². The van der Waals surface area contributed by atoms with Gasteiger partial charge in [0.15, 0.2) is 11.9 Å². The summed E-state index contributed by atoms with van der Waals surface area (Å²) in [6.07, 6.45) is 15.4. The number of esters is 1. The molecule has 5 heterocycles. The molecule has 6 unspecified atom stereocenters. The van der Waals surface area contributed by atoms with E-state index in [9.17, 15) is 19.5 Å². The van der Waals surface area contributed by atoms with Crippen molar-refractivity contribution in [2.45, 2.75) is 64.1 Å². The first-order chi connectivity index (χ1) is 25.7. The zero-order chi connectivity index (χ0) is 39.3. The molecule has 7 rings (SSSR count). The van der Waals surface area contributed by atoms with Gasteiger partial charge < -0.3 is 57.1 Å². The molecule has 55 heavy (non-hydrogen) atoms. The maximum Gasteiger partial charge on any atom is 1.00 e. The van der Waals surface area contributed by atoms with Crippen molar-refractivity contribution < 1.29 is 56.6 Å². The van der Waals surface area contributed by atoms with Gasteiger partial charge in [-0.25, -0.2) is 4.79 Å². The molecule has 5 N–H and O–H groups in total. The number of hydrogen-bond acceptors (Lipinski definition) is 8. The molecule has 0 fully saturated rings. The fraction of sp³-hybridized carbons (Fsp3) is 0.342. The molecule has 6 aliphatic rings. The molecule has 0 spiro atoms. The molecule has 1 aromatic rings. The van der Waals surface area contributed by atoms with Crippen molar-refractivity contribution in [2.75, 3.05) is 22.6 Å². The third-order valence-corrected chi connectivity index (χ3v) is 9.55. The minimum atomic E-state index is -1.53. The number of nitrogens with zero attached hydrogens (tertiary/aromatic N) is 4. The summed E-state index contributed by atoms with van der Waals surface area (Å²) in [6, 6.07) is 2.24. The fourth-order valence-corrected chi connectivity index (χ4v) is 6.22. The number of cyclic esters (lactones) is 1. The van der Waals surface area contributed by atoms with Crippen LogP contribution < -0.4 is 15.7 Å². The number of rotatable bonds is 6. The molecule has 5 aliphatic heterocycles. The normalized spacial score (nSPS) is 24.1. The summed E-state index contributed by atoms with van der Waals surface area (Å²) in [5, 5.41) is 61.9. The molecule has 298 valence electrons. The number of aliphatic hydroxyl groups is 3. The van der Waals surface area contributed by atoms with Crippen LogP contribution >= 0.6 is 31.9 Å². The number of carbonyl (C=O) groups excluding carboxylic acids is 3. The minimum absolute atomic E-state index is 0. The first-order valence-corrected chi connectivity index (χ1v) is 19.2. The predicted octanol–water partition coefficient (Wildman–Crippen LogP) is 6.39. The summed E-state index contributed by atoms with van der Waals surface area (Å²) in [4.78, 5) is 33.9. The van der Waals surface area contributed by atoms with Gasteiger partial charge in [-0.15, -0.1) is 47.5 Å². The average Bonchev–Trinajstić information content (AvgIpc) is 3.42. The maximum atomic E-state index is 11.7. The molecule has 0 aromatic heterocycles. The van der Waals surface area contributed by atoms with Gasteiger partial charge in [0.05, 0.1) is 22.8 Å². The number of allylic oxidation sites excluding steroid dienone is 4. The predicted molar refractivity (Wildman–Crippen MR) is 213 cm³/mol. The van der Waals surface area contributed by atoms with Gasteiger partial charge in [-0.05, 0) is 28.3 Å². The molecule has 14 nitrogen and oxygen atoms in total. The number of hydrogen-bond donors (Lipinski definition) is 5. The fourth-order valence-electron chi connectivity index (χ4n) is 5.91. The van der Waals surface area contributed by atoms with E-state index in [1.54, 1.807) is 0 Å². The van der Waals surface area contributed by atoms with E-state index in [1.807, 2.05) is 56.4 Å². The van der Waals surface area contributed by atoms with E-state index in [0.717, 1.165) is 56.4 Å². The second-order valence-electron chi connectivity index (χ2n) is 12.8. The zero-order valence-electron chi connectivity index (χ0n) is 30.1. The summed E-state index contributed by atoms with van der Waals surface area (Å²) < 4.78 is 4.28. The van der Waals surface area contributed by atoms with Crippen molar-refractivity contribution in [1.82, 2.24) is 5.32 Å². The van der Waals surface area contributed by atoms with Crippen LogP contribution in [0, 0.1) is 0 Å². The number of nitrogens with one attached hydrogen (secondary N) is 2. The first kappa shape index (κ1) is 43.5. The number of ether oxygens (including phenoxy) is 1. The van der Waals surface area contributed by atoms with E-state index in [4.69, 9.17) is 31.3 Å². The van der Waals surface area contributed by atoms with Crippen molar-refractivity contribution in [3.05, 3.63) is 121 Å². The third kappa shape index (κ3) is 10.1. The van der Waals surface area contributed by atoms with E-state index in [1.165, 1.54) is 0 Å². The zero-order valence-corrected chi connectivity index (χ0v) is 34.2. The van der Waals surface area contributed by atoms with Crippen LogP contribution in [0.1, 0.15) is 38.8 Å². The summed E-state index contributed by atoms with van der Waals surface area (Å²) >= 11 is 6.36. The Hall–Kier alpha value is -4.25. The Labute approximate surface area is 346 Å². The number of fused-ring (bicyclic) bond motifs is 5. The van der Waals surface area contributed by atoms with Crippen LogP contribution in [0.2, 0.25) is 0 Å². The molecule has 17 heteroatoms. The van der Waals surface area contributed by atoms with E-state index < -0.39 is 36.3 Å². The number of aliphatic hydroxyl groups excluding tert-OH is 3. The van der Waals surface area contributed by atoms with Crippen LogP contribution in [0.3, 0.4) is 0 Å². The summed E-state index contributed by atoms with van der Waals surface area (Å²) in [7, 11) is 0. The summed E-state index contributed by atoms with van der Waals surface area (Å²) in [5.41, 5.74) is 9.31. The van der Waals surface area contributed by atoms with Gasteiger partial charge in [0.1, 0.15) is 0 Å². The number of halogens is 2. The third-order valence-electron chi connectivity index (χ3n) is 8.53. The largest absolute Gasteiger partial charge is 1.00 e. The number of carbonyl (C=O) groups is 3. The Morgan fingerprint density at radius 2 is 1.56 bits per heavy atom. The number of alkyl halides is 2. The van der Waals surface area contributed by atoms with Crippen LogP contribution in [0.4, 0.5) is 17.1 Å². The van der Waals surface area contributed by atoms with Gasteiger partial charge in [0.25, 0.3) is 0 Å². The molecule has 0 radical (unpaired) electrons. The monoisotopic (exact) mass is 928 g/mol. The Bertz CT molecular complexity index is 1960. The Morgan fingerprint density at radius 3 is 2.20 bits per heavy atom. The van der Waals surface area contributed by atoms with Gasteiger partial charge in [-0.3, -0.25) is 9.59 Å². The summed E-state index contributed by atoms with van der Waals surface area (Å²) in [5.74, 6) is -2.99. The number of benzene rings is 1. The van der Waals surface area contributed by atoms with Crippen LogP contribution in [0.25, 0.3) is 33.4 Å². The maximum absolute atomic E-state index is 11.7. The second-order valence-corrected chi connectivity index (χ2v) is 13.9. The van der Waals surface area contributed by atoms with Crippen molar-refractivity contribution in [3.8, 4) is 0 Å². The smallest absolute Gasteiger partial charge is 0.853 e. The van der Waals surface area contributed by atoms with Crippen molar-refractivity contribution in [1.29, 1.82) is 0 Å². The van der Waals surface area contributed by atoms with E-state index >= 15 is 0 Å². The van der Waals surface area contributed by atoms with Gasteiger partial charge in [0, 0.05) is 5.69 Å². The first-order valence-electron chi connectivity index (χ1n) is 17.0. The Balaban J connectivity index is 0.000000189. The van der Waals surface area contributed by atoms with Gasteiger partial charge in [-0.1, -0.05) is 114 Å². The SMILES string of the molecule is CC1=CC=C2C(=C3[N-]C(C)C=CC3=CC2NC(=O)CBr)[N-]1.CC1C=Cc2cc(NC(=O)CBr)c3c(c2[N-]1)[N-]C(C)C=C3.O=C1OC(C(O)C[O-])C(O)=C1O.[Cu+]. The molecular formula is C38H39Br2CuN6O8-4. The molecule has 0 bridgehead atoms. The van der Waals surface area contributed by atoms with E-state index in [-0.39, 0.29) is 63.7 Å². The summed E-state index contributed by atoms with van der Waals surface area (Å²) in [6.45, 7) is 7.18. The standard InChI is InChI=1S/2C16H16BrN3O.C6H7O6.Cu/c2*1-9-3-5-11-7-13(20-14(21)8-17)12-6-4-10(2)19-16(12)15(11)18-9;7-1-2(8)5-3(9)4(10)6(11)12-5;/h3-7,9,13H,8H2,1-2H3,(H,20,21);3-7,9-10H,8H2,1-2H3,(H,20,21);2,5,8-10H,1H2;/q2*-2;-1;+1. The molecular weight excluding hydrogens is 892 g/mol. The Morgan fingerprint density at radius 1 is 0.927 bits per heavy atom. The van der Waals surface area contributed by atoms with Crippen molar-refractivity contribution >= 4 is 78.9 Å². The van der Waals surface area contributed by atoms with Crippen molar-refractivity contribution in [2.24, 2.45) is 0 Å². The molecule has 2 amide bonds. The minimum Gasteiger partial charge on any atom is -0.853 e. The number of amides is 2. The quantitative estimate of drug-likeness (QED) is 0.122.